The molecule has 0 aliphatic rings. The third kappa shape index (κ3) is 0.797. The largest absolute Gasteiger partial charge is 0.368 e. The van der Waals surface area contributed by atoms with Crippen LogP contribution in [0.3, 0.4) is 0 Å². The number of hydrogen-bond donors (Lipinski definition) is 2. The zero-order valence-corrected chi connectivity index (χ0v) is 5.85. The van der Waals surface area contributed by atoms with Crippen molar-refractivity contribution in [3.05, 3.63) is 11.2 Å². The van der Waals surface area contributed by atoms with Gasteiger partial charge in [0, 0.05) is 0 Å². The number of aromatic nitrogens is 4. The molecule has 3 N–H and O–H groups in total. The van der Waals surface area contributed by atoms with E-state index in [0.29, 0.717) is 11.2 Å². The van der Waals surface area contributed by atoms with E-state index in [2.05, 4.69) is 25.1 Å². The van der Waals surface area contributed by atoms with E-state index in [-0.39, 0.29) is 11.8 Å². The molecule has 0 fully saturated rings. The molecule has 7 nitrogen and oxygen atoms in total. The number of nitrogen functional groups attached to an aromatic ring is 1. The number of anilines is 1. The van der Waals surface area contributed by atoms with Crippen LogP contribution >= 0.6 is 0 Å². The highest BCUT2D eigenvalue weighted by Crippen LogP contribution is 2.19. The molecule has 0 aliphatic heterocycles. The number of nitrogens with one attached hydrogen (secondary N) is 1. The summed E-state index contributed by atoms with van der Waals surface area (Å²) in [5.74, 6) is -0.0416. The van der Waals surface area contributed by atoms with Gasteiger partial charge in [-0.25, -0.2) is 4.98 Å². The van der Waals surface area contributed by atoms with Gasteiger partial charge in [0.05, 0.1) is 6.33 Å². The Morgan fingerprint density at radius 1 is 1.50 bits per heavy atom. The Balaban J connectivity index is 2.88. The highest BCUT2D eigenvalue weighted by atomic mass is 16.3. The monoisotopic (exact) mass is 164 g/mol. The van der Waals surface area contributed by atoms with E-state index in [1.54, 1.807) is 0 Å². The Morgan fingerprint density at radius 3 is 3.08 bits per heavy atom. The minimum absolute atomic E-state index is 0.00125. The predicted octanol–water partition coefficient (Wildman–Crippen LogP) is 0.333. The van der Waals surface area contributed by atoms with Gasteiger partial charge in [-0.15, -0.1) is 4.91 Å². The first-order valence-electron chi connectivity index (χ1n) is 3.11. The number of nitrogens with two attached hydrogens (primary N) is 1. The van der Waals surface area contributed by atoms with E-state index >= 15 is 0 Å². The van der Waals surface area contributed by atoms with Crippen LogP contribution in [0.1, 0.15) is 0 Å². The molecule has 0 bridgehead atoms. The molecule has 12 heavy (non-hydrogen) atoms. The maximum atomic E-state index is 10.2. The summed E-state index contributed by atoms with van der Waals surface area (Å²) in [5, 5.41) is 2.67. The number of H-pyrrole nitrogens is 1. The Morgan fingerprint density at radius 2 is 2.33 bits per heavy atom. The molecule has 0 saturated heterocycles. The van der Waals surface area contributed by atoms with Gasteiger partial charge in [0.15, 0.2) is 11.2 Å². The van der Waals surface area contributed by atoms with Crippen molar-refractivity contribution < 1.29 is 0 Å². The van der Waals surface area contributed by atoms with Crippen molar-refractivity contribution in [3.8, 4) is 0 Å². The first-order chi connectivity index (χ1) is 5.81. The third-order valence-corrected chi connectivity index (χ3v) is 1.36. The molecule has 2 aromatic heterocycles. The molecule has 0 aliphatic carbocycles. The fourth-order valence-corrected chi connectivity index (χ4v) is 0.901. The molecule has 7 heteroatoms. The summed E-state index contributed by atoms with van der Waals surface area (Å²) in [7, 11) is 0. The summed E-state index contributed by atoms with van der Waals surface area (Å²) in [5.41, 5.74) is 6.04. The summed E-state index contributed by atoms with van der Waals surface area (Å²) in [4.78, 5) is 24.1. The second-order valence-corrected chi connectivity index (χ2v) is 2.10. The van der Waals surface area contributed by atoms with Gasteiger partial charge < -0.3 is 10.7 Å². The van der Waals surface area contributed by atoms with Gasteiger partial charge in [0.1, 0.15) is 0 Å². The fraction of sp³-hybridized carbons (Fsp3) is 0. The maximum Gasteiger partial charge on any atom is 0.229 e. The maximum absolute atomic E-state index is 10.2. The molecule has 2 heterocycles. The van der Waals surface area contributed by atoms with Crippen LogP contribution in [0.25, 0.3) is 11.2 Å². The lowest BCUT2D eigenvalue weighted by Crippen LogP contribution is -1.94. The van der Waals surface area contributed by atoms with Gasteiger partial charge in [-0.05, 0) is 5.18 Å². The van der Waals surface area contributed by atoms with E-state index in [1.165, 1.54) is 6.33 Å². The van der Waals surface area contributed by atoms with Crippen LogP contribution in [0.15, 0.2) is 11.5 Å². The van der Waals surface area contributed by atoms with Crippen molar-refractivity contribution in [1.29, 1.82) is 0 Å². The number of aromatic amines is 1. The fourth-order valence-electron chi connectivity index (χ4n) is 0.901. The lowest BCUT2D eigenvalue weighted by Gasteiger charge is -1.92. The zero-order valence-electron chi connectivity index (χ0n) is 5.85. The first-order valence-corrected chi connectivity index (χ1v) is 3.11. The lowest BCUT2D eigenvalue weighted by molar-refractivity contribution is 1.19. The topological polar surface area (TPSA) is 110 Å². The van der Waals surface area contributed by atoms with E-state index in [9.17, 15) is 4.91 Å². The van der Waals surface area contributed by atoms with E-state index in [1.807, 2.05) is 0 Å². The summed E-state index contributed by atoms with van der Waals surface area (Å²) in [6.07, 6.45) is 1.40. The number of imidazole rings is 1. The summed E-state index contributed by atoms with van der Waals surface area (Å²) >= 11 is 0. The van der Waals surface area contributed by atoms with Crippen molar-refractivity contribution in [1.82, 2.24) is 19.9 Å². The van der Waals surface area contributed by atoms with E-state index in [0.717, 1.165) is 0 Å². The van der Waals surface area contributed by atoms with Gasteiger partial charge >= 0.3 is 0 Å². The summed E-state index contributed by atoms with van der Waals surface area (Å²) in [6, 6.07) is 0. The number of nitrogens with zero attached hydrogens (tertiary/aromatic N) is 4. The lowest BCUT2D eigenvalue weighted by atomic mass is 10.5. The number of rotatable bonds is 1. The average Bonchev–Trinajstić information content (AvgIpc) is 2.50. The van der Waals surface area contributed by atoms with Gasteiger partial charge in [0.2, 0.25) is 11.8 Å². The highest BCUT2D eigenvalue weighted by molar-refractivity contribution is 5.81. The Hall–Kier alpha value is -2.05. The van der Waals surface area contributed by atoms with Crippen molar-refractivity contribution >= 4 is 22.9 Å². The van der Waals surface area contributed by atoms with Crippen LogP contribution in [0, 0.1) is 4.91 Å². The number of nitroso groups, excluding NO2 is 1. The van der Waals surface area contributed by atoms with Crippen LogP contribution in [0.2, 0.25) is 0 Å². The smallest absolute Gasteiger partial charge is 0.229 e. The summed E-state index contributed by atoms with van der Waals surface area (Å²) < 4.78 is 0. The molecule has 0 aromatic carbocycles. The van der Waals surface area contributed by atoms with Crippen molar-refractivity contribution in [2.45, 2.75) is 0 Å². The number of fused-ring (bicyclic) bond motifs is 1. The quantitative estimate of drug-likeness (QED) is 0.590. The van der Waals surface area contributed by atoms with E-state index in [4.69, 9.17) is 5.73 Å². The number of hydrogen-bond acceptors (Lipinski definition) is 6. The second kappa shape index (κ2) is 2.22. The molecule has 2 rings (SSSR count). The first kappa shape index (κ1) is 6.65. The summed E-state index contributed by atoms with van der Waals surface area (Å²) in [6.45, 7) is 0. The third-order valence-electron chi connectivity index (χ3n) is 1.36. The van der Waals surface area contributed by atoms with Gasteiger partial charge in [-0.3, -0.25) is 0 Å². The van der Waals surface area contributed by atoms with Crippen LogP contribution in [-0.4, -0.2) is 19.9 Å². The Bertz CT molecular complexity index is 434. The molecule has 2 aromatic rings. The predicted molar refractivity (Wildman–Crippen MR) is 41.6 cm³/mol. The molecular formula is C5H4N6O. The molecule has 0 amide bonds. The molecule has 0 atom stereocenters. The molecule has 0 radical (unpaired) electrons. The Labute approximate surface area is 66.0 Å². The van der Waals surface area contributed by atoms with Crippen molar-refractivity contribution in [2.75, 3.05) is 5.73 Å². The van der Waals surface area contributed by atoms with Crippen LogP contribution < -0.4 is 5.73 Å². The van der Waals surface area contributed by atoms with Crippen LogP contribution in [0.5, 0.6) is 0 Å². The Kier molecular flexibility index (Phi) is 1.23. The van der Waals surface area contributed by atoms with Crippen LogP contribution in [0.4, 0.5) is 11.8 Å². The SMILES string of the molecule is Nc1nc(N=O)c2nc[nH]c2n1. The van der Waals surface area contributed by atoms with Gasteiger partial charge in [-0.2, -0.15) is 9.97 Å². The molecular weight excluding hydrogens is 160 g/mol. The standard InChI is InChI=1S/C5H4N6O/c6-5-9-3-2(7-1-8-3)4(10-5)11-12/h1H,(H3,6,7,8,9,10). The molecule has 0 spiro atoms. The normalized spacial score (nSPS) is 10.3. The molecule has 0 unspecified atom stereocenters. The average molecular weight is 164 g/mol. The van der Waals surface area contributed by atoms with Crippen LogP contribution in [-0.2, 0) is 0 Å². The van der Waals surface area contributed by atoms with Crippen molar-refractivity contribution in [3.63, 3.8) is 0 Å². The van der Waals surface area contributed by atoms with E-state index < -0.39 is 0 Å². The molecule has 60 valence electrons. The molecule has 0 saturated carbocycles. The van der Waals surface area contributed by atoms with Crippen molar-refractivity contribution in [2.24, 2.45) is 5.18 Å². The highest BCUT2D eigenvalue weighted by Gasteiger charge is 2.07. The zero-order chi connectivity index (χ0) is 8.55. The minimum Gasteiger partial charge on any atom is -0.368 e. The van der Waals surface area contributed by atoms with Gasteiger partial charge in [0.25, 0.3) is 0 Å². The minimum atomic E-state index is -0.0428. The van der Waals surface area contributed by atoms with Gasteiger partial charge in [-0.1, -0.05) is 0 Å². The second-order valence-electron chi connectivity index (χ2n) is 2.10.